The molecule has 0 aromatic carbocycles. The molecule has 0 amide bonds. The number of nitrogens with zero attached hydrogens (tertiary/aromatic N) is 2. The Morgan fingerprint density at radius 3 is 2.44 bits per heavy atom. The molecule has 4 heteroatoms. The molecule has 1 aliphatic heterocycles. The minimum absolute atomic E-state index is 0.0867. The van der Waals surface area contributed by atoms with Crippen molar-refractivity contribution in [2.45, 2.75) is 13.8 Å². The largest absolute Gasteiger partial charge is 0.372 e. The van der Waals surface area contributed by atoms with Gasteiger partial charge in [0.25, 0.3) is 0 Å². The van der Waals surface area contributed by atoms with Crippen LogP contribution in [0.2, 0.25) is 0 Å². The number of Topliss-reactive ketones (excluding diaryl/α,β-unsaturated/α-hetero) is 1. The number of carbonyl (C=O) groups is 1. The monoisotopic (exact) mass is 228 g/mol. The summed E-state index contributed by atoms with van der Waals surface area (Å²) in [7, 11) is 2.15. The average molecular weight is 228 g/mol. The summed E-state index contributed by atoms with van der Waals surface area (Å²) in [4.78, 5) is 16.0. The molecule has 0 radical (unpaired) electrons. The summed E-state index contributed by atoms with van der Waals surface area (Å²) in [5.41, 5.74) is 0. The zero-order chi connectivity index (χ0) is 12.0. The Morgan fingerprint density at radius 1 is 1.25 bits per heavy atom. The van der Waals surface area contributed by atoms with Crippen LogP contribution in [0.15, 0.2) is 0 Å². The molecule has 94 valence electrons. The van der Waals surface area contributed by atoms with Crippen LogP contribution >= 0.6 is 0 Å². The SMILES string of the molecule is CC(C)C(=O)COCCN1CCN(C)CC1. The van der Waals surface area contributed by atoms with Crippen molar-refractivity contribution in [3.63, 3.8) is 0 Å². The van der Waals surface area contributed by atoms with Gasteiger partial charge in [0.15, 0.2) is 5.78 Å². The van der Waals surface area contributed by atoms with Crippen LogP contribution in [0.5, 0.6) is 0 Å². The van der Waals surface area contributed by atoms with Gasteiger partial charge in [-0.25, -0.2) is 0 Å². The summed E-state index contributed by atoms with van der Waals surface area (Å²) < 4.78 is 5.38. The van der Waals surface area contributed by atoms with Gasteiger partial charge in [-0.3, -0.25) is 9.69 Å². The van der Waals surface area contributed by atoms with E-state index in [2.05, 4.69) is 16.8 Å². The lowest BCUT2D eigenvalue weighted by molar-refractivity contribution is -0.126. The lowest BCUT2D eigenvalue weighted by atomic mass is 10.1. The number of ether oxygens (including phenoxy) is 1. The first-order valence-electron chi connectivity index (χ1n) is 6.11. The van der Waals surface area contributed by atoms with Crippen LogP contribution in [0.4, 0.5) is 0 Å². The van der Waals surface area contributed by atoms with E-state index in [9.17, 15) is 4.79 Å². The highest BCUT2D eigenvalue weighted by Gasteiger charge is 2.13. The van der Waals surface area contributed by atoms with Gasteiger partial charge in [0.05, 0.1) is 6.61 Å². The van der Waals surface area contributed by atoms with Gasteiger partial charge in [-0.1, -0.05) is 13.8 Å². The zero-order valence-corrected chi connectivity index (χ0v) is 10.7. The molecule has 0 spiro atoms. The van der Waals surface area contributed by atoms with E-state index < -0.39 is 0 Å². The molecule has 0 bridgehead atoms. The summed E-state index contributed by atoms with van der Waals surface area (Å²) >= 11 is 0. The van der Waals surface area contributed by atoms with E-state index in [0.717, 1.165) is 32.7 Å². The Balaban J connectivity index is 2.01. The molecule has 1 rings (SSSR count). The van der Waals surface area contributed by atoms with Crippen LogP contribution in [0.1, 0.15) is 13.8 Å². The fourth-order valence-corrected chi connectivity index (χ4v) is 1.60. The van der Waals surface area contributed by atoms with Gasteiger partial charge in [-0.2, -0.15) is 0 Å². The Labute approximate surface area is 98.5 Å². The summed E-state index contributed by atoms with van der Waals surface area (Å²) in [5, 5.41) is 0. The predicted molar refractivity (Wildman–Crippen MR) is 64.6 cm³/mol. The zero-order valence-electron chi connectivity index (χ0n) is 10.7. The van der Waals surface area contributed by atoms with E-state index >= 15 is 0 Å². The maximum Gasteiger partial charge on any atom is 0.160 e. The van der Waals surface area contributed by atoms with E-state index in [4.69, 9.17) is 4.74 Å². The molecule has 1 fully saturated rings. The van der Waals surface area contributed by atoms with Crippen molar-refractivity contribution in [1.29, 1.82) is 0 Å². The van der Waals surface area contributed by atoms with Crippen LogP contribution in [0, 0.1) is 5.92 Å². The molecule has 0 aromatic rings. The molecule has 0 atom stereocenters. The molecule has 1 aliphatic rings. The van der Waals surface area contributed by atoms with Gasteiger partial charge in [0.1, 0.15) is 6.61 Å². The van der Waals surface area contributed by atoms with Crippen molar-refractivity contribution in [3.8, 4) is 0 Å². The first-order chi connectivity index (χ1) is 7.59. The Morgan fingerprint density at radius 2 is 1.88 bits per heavy atom. The van der Waals surface area contributed by atoms with Crippen molar-refractivity contribution in [3.05, 3.63) is 0 Å². The van der Waals surface area contributed by atoms with Gasteiger partial charge in [0.2, 0.25) is 0 Å². The fraction of sp³-hybridized carbons (Fsp3) is 0.917. The van der Waals surface area contributed by atoms with Gasteiger partial charge in [-0.05, 0) is 7.05 Å². The molecule has 0 saturated carbocycles. The van der Waals surface area contributed by atoms with Crippen LogP contribution in [0.25, 0.3) is 0 Å². The fourth-order valence-electron chi connectivity index (χ4n) is 1.60. The van der Waals surface area contributed by atoms with Crippen molar-refractivity contribution >= 4 is 5.78 Å². The lowest BCUT2D eigenvalue weighted by Crippen LogP contribution is -2.45. The number of rotatable bonds is 6. The van der Waals surface area contributed by atoms with Gasteiger partial charge in [0, 0.05) is 38.6 Å². The van der Waals surface area contributed by atoms with Crippen molar-refractivity contribution in [2.75, 3.05) is 53.0 Å². The maximum atomic E-state index is 11.3. The number of hydrogen-bond donors (Lipinski definition) is 0. The first kappa shape index (κ1) is 13.6. The molecule has 4 nitrogen and oxygen atoms in total. The maximum absolute atomic E-state index is 11.3. The molecular weight excluding hydrogens is 204 g/mol. The molecule has 0 N–H and O–H groups in total. The third kappa shape index (κ3) is 5.05. The Hall–Kier alpha value is -0.450. The van der Waals surface area contributed by atoms with Crippen molar-refractivity contribution in [2.24, 2.45) is 5.92 Å². The second-order valence-corrected chi connectivity index (χ2v) is 4.82. The highest BCUT2D eigenvalue weighted by Crippen LogP contribution is 1.99. The number of piperazine rings is 1. The minimum Gasteiger partial charge on any atom is -0.372 e. The summed E-state index contributed by atoms with van der Waals surface area (Å²) in [6.07, 6.45) is 0. The van der Waals surface area contributed by atoms with Gasteiger partial charge < -0.3 is 9.64 Å². The first-order valence-corrected chi connectivity index (χ1v) is 6.11. The standard InChI is InChI=1S/C12H24N2O2/c1-11(2)12(15)10-16-9-8-14-6-4-13(3)5-7-14/h11H,4-10H2,1-3H3. The van der Waals surface area contributed by atoms with Gasteiger partial charge in [-0.15, -0.1) is 0 Å². The minimum atomic E-state index is 0.0867. The van der Waals surface area contributed by atoms with Crippen LogP contribution in [-0.4, -0.2) is 68.6 Å². The van der Waals surface area contributed by atoms with Crippen LogP contribution < -0.4 is 0 Å². The molecule has 0 aliphatic carbocycles. The molecule has 1 saturated heterocycles. The Bertz CT molecular complexity index is 211. The van der Waals surface area contributed by atoms with Crippen LogP contribution in [0.3, 0.4) is 0 Å². The summed E-state index contributed by atoms with van der Waals surface area (Å²) in [5.74, 6) is 0.280. The normalized spacial score (nSPS) is 19.2. The Kier molecular flexibility index (Phi) is 5.95. The number of carbonyl (C=O) groups excluding carboxylic acids is 1. The molecule has 0 aromatic heterocycles. The second kappa shape index (κ2) is 6.99. The number of likely N-dealkylation sites (N-methyl/N-ethyl adjacent to an activating group) is 1. The van der Waals surface area contributed by atoms with Gasteiger partial charge >= 0.3 is 0 Å². The third-order valence-corrected chi connectivity index (χ3v) is 3.04. The number of hydrogen-bond acceptors (Lipinski definition) is 4. The third-order valence-electron chi connectivity index (χ3n) is 3.04. The van der Waals surface area contributed by atoms with E-state index in [-0.39, 0.29) is 18.3 Å². The molecule has 1 heterocycles. The van der Waals surface area contributed by atoms with E-state index in [1.807, 2.05) is 13.8 Å². The topological polar surface area (TPSA) is 32.8 Å². The van der Waals surface area contributed by atoms with Crippen LogP contribution in [-0.2, 0) is 9.53 Å². The van der Waals surface area contributed by atoms with Crippen molar-refractivity contribution < 1.29 is 9.53 Å². The smallest absolute Gasteiger partial charge is 0.160 e. The quantitative estimate of drug-likeness (QED) is 0.619. The average Bonchev–Trinajstić information content (AvgIpc) is 2.26. The molecule has 0 unspecified atom stereocenters. The lowest BCUT2D eigenvalue weighted by Gasteiger charge is -2.32. The summed E-state index contributed by atoms with van der Waals surface area (Å²) in [6.45, 7) is 10.2. The second-order valence-electron chi connectivity index (χ2n) is 4.82. The highest BCUT2D eigenvalue weighted by molar-refractivity contribution is 5.81. The predicted octanol–water partition coefficient (Wildman–Crippen LogP) is 0.476. The van der Waals surface area contributed by atoms with E-state index in [1.165, 1.54) is 0 Å². The van der Waals surface area contributed by atoms with E-state index in [0.29, 0.717) is 6.61 Å². The summed E-state index contributed by atoms with van der Waals surface area (Å²) in [6, 6.07) is 0. The molecular formula is C12H24N2O2. The van der Waals surface area contributed by atoms with E-state index in [1.54, 1.807) is 0 Å². The number of ketones is 1. The highest BCUT2D eigenvalue weighted by atomic mass is 16.5. The van der Waals surface area contributed by atoms with Crippen molar-refractivity contribution in [1.82, 2.24) is 9.80 Å². The molecule has 16 heavy (non-hydrogen) atoms.